The van der Waals surface area contributed by atoms with Gasteiger partial charge in [-0.1, -0.05) is 42.5 Å². The Hall–Kier alpha value is -3.99. The number of rotatable bonds is 8. The van der Waals surface area contributed by atoms with Gasteiger partial charge >= 0.3 is 12.3 Å². The number of hydrogen-bond donors (Lipinski definition) is 1. The van der Waals surface area contributed by atoms with Crippen LogP contribution in [0, 0.1) is 0 Å². The highest BCUT2D eigenvalue weighted by atomic mass is 32.2. The van der Waals surface area contributed by atoms with Crippen molar-refractivity contribution < 1.29 is 41.0 Å². The number of aliphatic carboxylic acids is 1. The zero-order chi connectivity index (χ0) is 26.1. The van der Waals surface area contributed by atoms with E-state index in [4.69, 9.17) is 9.84 Å². The molecule has 4 aromatic rings. The van der Waals surface area contributed by atoms with Crippen LogP contribution in [0.15, 0.2) is 77.8 Å². The summed E-state index contributed by atoms with van der Waals surface area (Å²) in [4.78, 5) is 10.5. The number of aromatic nitrogens is 1. The van der Waals surface area contributed by atoms with E-state index >= 15 is 0 Å². The molecule has 4 rings (SSSR count). The van der Waals surface area contributed by atoms with Crippen molar-refractivity contribution in [3.63, 3.8) is 0 Å². The van der Waals surface area contributed by atoms with E-state index < -0.39 is 33.0 Å². The normalized spacial score (nSPS) is 12.0. The molecule has 3 aromatic carbocycles. The van der Waals surface area contributed by atoms with Gasteiger partial charge in [-0.3, -0.25) is 4.79 Å². The van der Waals surface area contributed by atoms with E-state index in [0.717, 1.165) is 10.0 Å². The van der Waals surface area contributed by atoms with Gasteiger partial charge in [-0.25, -0.2) is 12.4 Å². The fourth-order valence-corrected chi connectivity index (χ4v) is 5.65. The lowest BCUT2D eigenvalue weighted by molar-refractivity contribution is -0.275. The fourth-order valence-electron chi connectivity index (χ4n) is 3.94. The Balaban J connectivity index is 2.01. The molecule has 1 heterocycles. The van der Waals surface area contributed by atoms with Crippen molar-refractivity contribution in [1.29, 1.82) is 0 Å². The molecule has 1 N–H and O–H groups in total. The van der Waals surface area contributed by atoms with E-state index in [9.17, 15) is 26.4 Å². The molecule has 36 heavy (non-hydrogen) atoms. The Morgan fingerprint density at radius 2 is 1.75 bits per heavy atom. The largest absolute Gasteiger partial charge is 0.573 e. The molecule has 1 aromatic heterocycles. The summed E-state index contributed by atoms with van der Waals surface area (Å²) in [6.45, 7) is 0. The van der Waals surface area contributed by atoms with Crippen LogP contribution in [0.5, 0.6) is 11.5 Å². The summed E-state index contributed by atoms with van der Waals surface area (Å²) in [7, 11) is -3.26. The van der Waals surface area contributed by atoms with Crippen LogP contribution < -0.4 is 9.47 Å². The Labute approximate surface area is 204 Å². The second-order valence-electron chi connectivity index (χ2n) is 7.78. The molecule has 7 nitrogen and oxygen atoms in total. The summed E-state index contributed by atoms with van der Waals surface area (Å²) >= 11 is 0. The Morgan fingerprint density at radius 1 is 1.03 bits per heavy atom. The number of fused-ring (bicyclic) bond motifs is 1. The van der Waals surface area contributed by atoms with E-state index in [1.54, 1.807) is 36.4 Å². The van der Waals surface area contributed by atoms with Gasteiger partial charge < -0.3 is 14.6 Å². The van der Waals surface area contributed by atoms with E-state index in [1.807, 2.05) is 0 Å². The van der Waals surface area contributed by atoms with Gasteiger partial charge in [-0.05, 0) is 41.8 Å². The topological polar surface area (TPSA) is 94.8 Å². The SMILES string of the molecule is COc1ccc2c(c1)c(CCC(=O)O)cn2S(=O)(=O)c1c(OC(F)(F)F)cccc1-c1ccccc1. The molecule has 0 amide bonds. The first-order valence-corrected chi connectivity index (χ1v) is 12.0. The van der Waals surface area contributed by atoms with Crippen molar-refractivity contribution in [3.05, 3.63) is 78.5 Å². The second kappa shape index (κ2) is 9.57. The molecule has 0 radical (unpaired) electrons. The number of benzene rings is 3. The number of carboxylic acids is 1. The predicted molar refractivity (Wildman–Crippen MR) is 126 cm³/mol. The summed E-state index contributed by atoms with van der Waals surface area (Å²) < 4.78 is 78.1. The molecule has 0 saturated carbocycles. The Morgan fingerprint density at radius 3 is 2.39 bits per heavy atom. The van der Waals surface area contributed by atoms with E-state index in [2.05, 4.69) is 4.74 Å². The highest BCUT2D eigenvalue weighted by Gasteiger charge is 2.36. The molecule has 188 valence electrons. The number of hydrogen-bond acceptors (Lipinski definition) is 5. The van der Waals surface area contributed by atoms with Crippen LogP contribution in [0.1, 0.15) is 12.0 Å². The Kier molecular flexibility index (Phi) is 6.68. The minimum absolute atomic E-state index is 0.00619. The highest BCUT2D eigenvalue weighted by molar-refractivity contribution is 7.90. The van der Waals surface area contributed by atoms with Crippen molar-refractivity contribution in [2.24, 2.45) is 0 Å². The third-order valence-corrected chi connectivity index (χ3v) is 7.23. The predicted octanol–water partition coefficient (Wildman–Crippen LogP) is 5.47. The number of methoxy groups -OCH3 is 1. The van der Waals surface area contributed by atoms with Crippen molar-refractivity contribution >= 4 is 26.9 Å². The molecule has 0 aliphatic carbocycles. The maximum atomic E-state index is 14.0. The number of carboxylic acid groups (broad SMARTS) is 1. The lowest BCUT2D eigenvalue weighted by atomic mass is 10.1. The van der Waals surface area contributed by atoms with E-state index in [-0.39, 0.29) is 23.9 Å². The monoisotopic (exact) mass is 519 g/mol. The molecule has 0 spiro atoms. The third-order valence-electron chi connectivity index (χ3n) is 5.47. The molecular formula is C25H20F3NO6S. The van der Waals surface area contributed by atoms with Crippen molar-refractivity contribution in [3.8, 4) is 22.6 Å². The summed E-state index contributed by atoms with van der Waals surface area (Å²) in [6, 6.07) is 16.2. The van der Waals surface area contributed by atoms with Crippen LogP contribution in [0.2, 0.25) is 0 Å². The number of ether oxygens (including phenoxy) is 2. The van der Waals surface area contributed by atoms with Crippen LogP contribution in [-0.4, -0.2) is 36.9 Å². The molecule has 0 aliphatic heterocycles. The summed E-state index contributed by atoms with van der Waals surface area (Å²) in [5.74, 6) is -1.57. The lowest BCUT2D eigenvalue weighted by Gasteiger charge is -2.18. The zero-order valence-corrected chi connectivity index (χ0v) is 19.6. The molecule has 0 unspecified atom stereocenters. The number of alkyl halides is 3. The molecule has 0 saturated heterocycles. The number of aryl methyl sites for hydroxylation is 1. The first-order valence-electron chi connectivity index (χ1n) is 10.6. The summed E-state index contributed by atoms with van der Waals surface area (Å²) in [5.41, 5.74) is 0.912. The molecule has 0 fully saturated rings. The van der Waals surface area contributed by atoms with Gasteiger partial charge in [0.2, 0.25) is 0 Å². The zero-order valence-electron chi connectivity index (χ0n) is 18.8. The Bertz CT molecular complexity index is 1530. The first-order chi connectivity index (χ1) is 17.0. The average Bonchev–Trinajstić information content (AvgIpc) is 3.20. The van der Waals surface area contributed by atoms with Crippen LogP contribution >= 0.6 is 0 Å². The van der Waals surface area contributed by atoms with Crippen LogP contribution in [0.25, 0.3) is 22.0 Å². The number of carbonyl (C=O) groups is 1. The smallest absolute Gasteiger partial charge is 0.497 e. The fraction of sp³-hybridized carbons (Fsp3) is 0.160. The quantitative estimate of drug-likeness (QED) is 0.332. The van der Waals surface area contributed by atoms with Crippen LogP contribution in [0.4, 0.5) is 13.2 Å². The van der Waals surface area contributed by atoms with Gasteiger partial charge in [0.15, 0.2) is 5.75 Å². The number of halogens is 3. The second-order valence-corrected chi connectivity index (χ2v) is 9.53. The van der Waals surface area contributed by atoms with E-state index in [0.29, 0.717) is 22.3 Å². The third kappa shape index (κ3) is 5.01. The van der Waals surface area contributed by atoms with Crippen LogP contribution in [0.3, 0.4) is 0 Å². The van der Waals surface area contributed by atoms with E-state index in [1.165, 1.54) is 37.6 Å². The number of nitrogens with zero attached hydrogens (tertiary/aromatic N) is 1. The van der Waals surface area contributed by atoms with Crippen LogP contribution in [-0.2, 0) is 21.2 Å². The standard InChI is InChI=1S/C25H20F3NO6S/c1-34-18-11-12-21-20(14-18)17(10-13-23(30)31)15-29(21)36(32,33)24-19(16-6-3-2-4-7-16)8-5-9-22(24)35-25(26,27)28/h2-9,11-12,14-15H,10,13H2,1H3,(H,30,31). The van der Waals surface area contributed by atoms with Gasteiger partial charge in [0, 0.05) is 23.6 Å². The molecule has 0 atom stereocenters. The van der Waals surface area contributed by atoms with Gasteiger partial charge in [0.25, 0.3) is 10.0 Å². The van der Waals surface area contributed by atoms with Crippen molar-refractivity contribution in [1.82, 2.24) is 3.97 Å². The molecule has 11 heteroatoms. The average molecular weight is 519 g/mol. The molecule has 0 bridgehead atoms. The highest BCUT2D eigenvalue weighted by Crippen LogP contribution is 2.40. The first kappa shape index (κ1) is 25.1. The molecule has 0 aliphatic rings. The van der Waals surface area contributed by atoms with Crippen molar-refractivity contribution in [2.75, 3.05) is 7.11 Å². The van der Waals surface area contributed by atoms with Gasteiger partial charge in [0.1, 0.15) is 10.6 Å². The maximum Gasteiger partial charge on any atom is 0.573 e. The lowest BCUT2D eigenvalue weighted by Crippen LogP contribution is -2.21. The summed E-state index contributed by atoms with van der Waals surface area (Å²) in [5, 5.41) is 9.52. The van der Waals surface area contributed by atoms with Gasteiger partial charge in [-0.15, -0.1) is 13.2 Å². The minimum Gasteiger partial charge on any atom is -0.497 e. The van der Waals surface area contributed by atoms with Crippen molar-refractivity contribution in [2.45, 2.75) is 24.1 Å². The minimum atomic E-state index is -5.14. The van der Waals surface area contributed by atoms with Gasteiger partial charge in [0.05, 0.1) is 12.6 Å². The molecular weight excluding hydrogens is 499 g/mol. The summed E-state index contributed by atoms with van der Waals surface area (Å²) in [6.07, 6.45) is -4.20. The maximum absolute atomic E-state index is 14.0. The van der Waals surface area contributed by atoms with Gasteiger partial charge in [-0.2, -0.15) is 0 Å².